The smallest absolute Gasteiger partial charge is 0.147 e. The Balaban J connectivity index is 0.00000253. The number of unbranched alkanes of at least 4 members (excludes halogenated alkanes) is 2. The quantitative estimate of drug-likeness (QED) is 0.213. The Kier molecular flexibility index (Phi) is 10.9. The van der Waals surface area contributed by atoms with Crippen LogP contribution < -0.4 is 3.27 Å². The van der Waals surface area contributed by atoms with Gasteiger partial charge in [-0.2, -0.15) is 0 Å². The number of halogens is 2. The first-order valence-corrected chi connectivity index (χ1v) is 26.4. The zero-order chi connectivity index (χ0) is 26.4. The Morgan fingerprint density at radius 2 is 1.37 bits per heavy atom. The Labute approximate surface area is 248 Å². The topological polar surface area (TPSA) is 0 Å². The van der Waals surface area contributed by atoms with Crippen LogP contribution in [-0.2, 0) is 34.6 Å². The summed E-state index contributed by atoms with van der Waals surface area (Å²) in [5.41, 5.74) is 9.62. The van der Waals surface area contributed by atoms with Crippen molar-refractivity contribution in [1.29, 1.82) is 0 Å². The first-order chi connectivity index (χ1) is 16.8. The van der Waals surface area contributed by atoms with Gasteiger partial charge in [-0.1, -0.05) is 0 Å². The molecule has 0 spiro atoms. The van der Waals surface area contributed by atoms with E-state index >= 15 is 0 Å². The molecule has 0 saturated heterocycles. The van der Waals surface area contributed by atoms with Crippen molar-refractivity contribution in [2.75, 3.05) is 0 Å². The van der Waals surface area contributed by atoms with Crippen molar-refractivity contribution < 1.29 is 17.4 Å². The van der Waals surface area contributed by atoms with Gasteiger partial charge in [0.25, 0.3) is 0 Å². The predicted molar refractivity (Wildman–Crippen MR) is 176 cm³/mol. The molecule has 0 saturated carbocycles. The molecule has 0 aliphatic heterocycles. The summed E-state index contributed by atoms with van der Waals surface area (Å²) in [6.07, 6.45) is 15.0. The number of hydrogen-bond acceptors (Lipinski definition) is 0. The van der Waals surface area contributed by atoms with Crippen LogP contribution in [0.1, 0.15) is 110 Å². The van der Waals surface area contributed by atoms with E-state index in [1.807, 2.05) is 6.55 Å². The van der Waals surface area contributed by atoms with Gasteiger partial charge >= 0.3 is 226 Å². The molecule has 2 aliphatic carbocycles. The third kappa shape index (κ3) is 6.10. The molecule has 0 unspecified atom stereocenters. The molecule has 0 amide bonds. The molecular weight excluding hydrogens is 599 g/mol. The van der Waals surface area contributed by atoms with Crippen molar-refractivity contribution in [2.45, 2.75) is 113 Å². The Morgan fingerprint density at radius 3 is 1.87 bits per heavy atom. The first kappa shape index (κ1) is 33.8. The summed E-state index contributed by atoms with van der Waals surface area (Å²) >= 11 is -3.54. The van der Waals surface area contributed by atoms with Crippen LogP contribution in [0.2, 0.25) is 8.26 Å². The Bertz CT molecular complexity index is 1270. The zero-order valence-electron chi connectivity index (χ0n) is 25.3. The van der Waals surface area contributed by atoms with Gasteiger partial charge in [-0.15, -0.1) is 24.8 Å². The van der Waals surface area contributed by atoms with E-state index in [-0.39, 0.29) is 35.6 Å². The summed E-state index contributed by atoms with van der Waals surface area (Å²) in [4.78, 5) is 0. The van der Waals surface area contributed by atoms with Gasteiger partial charge in [0.1, 0.15) is 0 Å². The largest absolute Gasteiger partial charge is 0.147 e. The van der Waals surface area contributed by atoms with Gasteiger partial charge in [0, 0.05) is 0 Å². The van der Waals surface area contributed by atoms with E-state index < -0.39 is 17.4 Å². The molecule has 0 atom stereocenters. The number of hydrogen-bond donors (Lipinski definition) is 0. The fraction of sp³-hybridized carbons (Fsp3) is 0.529. The second-order valence-electron chi connectivity index (χ2n) is 14.1. The van der Waals surface area contributed by atoms with Crippen LogP contribution in [0.5, 0.6) is 0 Å². The average Bonchev–Trinajstić information content (AvgIpc) is 3.48. The number of allylic oxidation sites excluding steroid dienone is 4. The standard InChI is InChI=1S/C21H25.C5H5.2C4H9.2ClH.H2Si.Zr/c1-20(2,3)16-9-7-14-11-15-8-10-17(21(4,5)6)13-19(15)18(14)12-16;1-2-4-5-3-1;2*1-3-4-2;;;;/h7,9-10,12-13H,11H2,1-6H3;1-3H,4H2;2*1,3-4H2,2H3;2*1H;1H2;. The molecule has 4 rings (SSSR count). The van der Waals surface area contributed by atoms with Gasteiger partial charge in [-0.25, -0.2) is 0 Å². The molecule has 0 aromatic heterocycles. The Hall–Kier alpha value is -0.400. The minimum absolute atomic E-state index is 0. The number of benzene rings is 2. The molecule has 2 aromatic carbocycles. The van der Waals surface area contributed by atoms with Crippen molar-refractivity contribution in [1.82, 2.24) is 0 Å². The van der Waals surface area contributed by atoms with E-state index in [0.29, 0.717) is 0 Å². The van der Waals surface area contributed by atoms with Crippen molar-refractivity contribution in [3.8, 4) is 11.1 Å². The SMILES string of the molecule is CCC[CH2][Zr](=[SiH2])([CH2]CCC)([C]1=CC=CC1)[c]1cc(C(C)(C)C)cc2c1Cc1ccc(C(C)(C)C)cc1-2.Cl.Cl. The molecule has 2 aliphatic rings. The van der Waals surface area contributed by atoms with Crippen LogP contribution >= 0.6 is 24.8 Å². The minimum Gasteiger partial charge on any atom is -0.147 e. The molecule has 2 aromatic rings. The third-order valence-corrected chi connectivity index (χ3v) is 35.7. The normalized spacial score (nSPS) is 14.9. The van der Waals surface area contributed by atoms with Gasteiger partial charge in [-0.05, 0) is 0 Å². The van der Waals surface area contributed by atoms with Crippen LogP contribution in [0.4, 0.5) is 0 Å². The molecule has 4 heteroatoms. The average molecular weight is 651 g/mol. The summed E-state index contributed by atoms with van der Waals surface area (Å²) in [5.74, 6) is 0. The third-order valence-electron chi connectivity index (χ3n) is 9.34. The van der Waals surface area contributed by atoms with Crippen LogP contribution in [0.15, 0.2) is 51.8 Å². The summed E-state index contributed by atoms with van der Waals surface area (Å²) in [7, 11) is 0. The summed E-state index contributed by atoms with van der Waals surface area (Å²) in [6, 6.07) is 12.7. The van der Waals surface area contributed by atoms with Crippen LogP contribution in [-0.4, -0.2) is 6.88 Å². The first-order valence-electron chi connectivity index (χ1n) is 14.5. The van der Waals surface area contributed by atoms with Gasteiger partial charge in [-0.3, -0.25) is 0 Å². The van der Waals surface area contributed by atoms with Gasteiger partial charge in [0.15, 0.2) is 0 Å². The van der Waals surface area contributed by atoms with Crippen molar-refractivity contribution >= 4 is 35.0 Å². The van der Waals surface area contributed by atoms with E-state index in [1.54, 1.807) is 16.7 Å². The molecular formula is C34H52Cl2SiZr. The molecule has 38 heavy (non-hydrogen) atoms. The van der Waals surface area contributed by atoms with E-state index in [4.69, 9.17) is 0 Å². The zero-order valence-corrected chi connectivity index (χ0v) is 30.8. The van der Waals surface area contributed by atoms with Crippen LogP contribution in [0.3, 0.4) is 0 Å². The maximum absolute atomic E-state index is 3.54. The molecule has 0 N–H and O–H groups in total. The van der Waals surface area contributed by atoms with Crippen LogP contribution in [0, 0.1) is 0 Å². The molecule has 210 valence electrons. The van der Waals surface area contributed by atoms with E-state index in [9.17, 15) is 0 Å². The van der Waals surface area contributed by atoms with E-state index in [1.165, 1.54) is 57.1 Å². The molecule has 0 nitrogen and oxygen atoms in total. The molecule has 0 radical (unpaired) electrons. The van der Waals surface area contributed by atoms with Gasteiger partial charge in [0.2, 0.25) is 0 Å². The monoisotopic (exact) mass is 648 g/mol. The van der Waals surface area contributed by atoms with Gasteiger partial charge < -0.3 is 0 Å². The predicted octanol–water partition coefficient (Wildman–Crippen LogP) is 9.84. The maximum Gasteiger partial charge on any atom is -0.147 e. The van der Waals surface area contributed by atoms with Crippen LogP contribution in [0.25, 0.3) is 11.1 Å². The summed E-state index contributed by atoms with van der Waals surface area (Å²) < 4.78 is 6.61. The second kappa shape index (κ2) is 12.2. The molecule has 0 fully saturated rings. The van der Waals surface area contributed by atoms with E-state index in [0.717, 1.165) is 6.42 Å². The summed E-state index contributed by atoms with van der Waals surface area (Å²) in [6.45, 7) is 21.6. The molecule has 0 heterocycles. The minimum atomic E-state index is -3.54. The number of fused-ring (bicyclic) bond motifs is 3. The fourth-order valence-electron chi connectivity index (χ4n) is 6.79. The molecule has 0 bridgehead atoms. The second-order valence-corrected chi connectivity index (χ2v) is 39.0. The number of rotatable bonds is 8. The van der Waals surface area contributed by atoms with Gasteiger partial charge in [0.05, 0.1) is 0 Å². The van der Waals surface area contributed by atoms with Crippen molar-refractivity contribution in [2.24, 2.45) is 0 Å². The van der Waals surface area contributed by atoms with E-state index in [2.05, 4.69) is 111 Å². The fourth-order valence-corrected chi connectivity index (χ4v) is 30.2. The maximum atomic E-state index is 2.75. The van der Waals surface area contributed by atoms with Crippen molar-refractivity contribution in [3.05, 3.63) is 74.1 Å². The Morgan fingerprint density at radius 1 is 0.789 bits per heavy atom. The summed E-state index contributed by atoms with van der Waals surface area (Å²) in [5, 5.41) is 0. The van der Waals surface area contributed by atoms with Crippen molar-refractivity contribution in [3.63, 3.8) is 0 Å².